The summed E-state index contributed by atoms with van der Waals surface area (Å²) >= 11 is 0. The Bertz CT molecular complexity index is 632. The summed E-state index contributed by atoms with van der Waals surface area (Å²) in [7, 11) is 0. The lowest BCUT2D eigenvalue weighted by Crippen LogP contribution is -2.39. The molecule has 0 spiro atoms. The molecule has 1 aliphatic rings. The molecule has 0 aliphatic carbocycles. The third-order valence-electron chi connectivity index (χ3n) is 3.83. The molecule has 3 nitrogen and oxygen atoms in total. The number of guanidine groups is 1. The van der Waals surface area contributed by atoms with Gasteiger partial charge in [0.1, 0.15) is 5.69 Å². The molecule has 0 aromatic heterocycles. The quantitative estimate of drug-likeness (QED) is 0.615. The Morgan fingerprint density at radius 2 is 1.80 bits per heavy atom. The van der Waals surface area contributed by atoms with E-state index in [0.29, 0.717) is 12.0 Å². The van der Waals surface area contributed by atoms with Crippen LogP contribution in [-0.2, 0) is 6.42 Å². The van der Waals surface area contributed by atoms with Gasteiger partial charge in [-0.05, 0) is 43.5 Å². The smallest absolute Gasteiger partial charge is 0.290 e. The van der Waals surface area contributed by atoms with Crippen molar-refractivity contribution in [2.75, 3.05) is 5.32 Å². The van der Waals surface area contributed by atoms with E-state index in [1.165, 1.54) is 11.3 Å². The van der Waals surface area contributed by atoms with E-state index in [4.69, 9.17) is 5.73 Å². The van der Waals surface area contributed by atoms with Crippen molar-refractivity contribution >= 4 is 17.3 Å². The third kappa shape index (κ3) is 2.39. The molecule has 3 rings (SSSR count). The molecule has 1 aliphatic heterocycles. The highest BCUT2D eigenvalue weighted by Crippen LogP contribution is 2.28. The second kappa shape index (κ2) is 5.37. The van der Waals surface area contributed by atoms with Crippen molar-refractivity contribution < 1.29 is 4.58 Å². The van der Waals surface area contributed by atoms with Gasteiger partial charge in [-0.15, -0.1) is 0 Å². The lowest BCUT2D eigenvalue weighted by molar-refractivity contribution is -0.487. The van der Waals surface area contributed by atoms with E-state index in [2.05, 4.69) is 41.1 Å². The highest BCUT2D eigenvalue weighted by Gasteiger charge is 2.25. The number of aryl methyl sites for hydroxylation is 1. The molecule has 2 aromatic rings. The minimum Gasteiger partial charge on any atom is -0.290 e. The van der Waals surface area contributed by atoms with Crippen LogP contribution in [0.2, 0.25) is 0 Å². The van der Waals surface area contributed by atoms with E-state index in [0.717, 1.165) is 18.5 Å². The molecule has 3 N–H and O–H groups in total. The molecule has 0 unspecified atom stereocenters. The average molecular weight is 266 g/mol. The van der Waals surface area contributed by atoms with Crippen molar-refractivity contribution in [2.24, 2.45) is 5.73 Å². The molecule has 0 saturated heterocycles. The Labute approximate surface area is 119 Å². The molecule has 20 heavy (non-hydrogen) atoms. The summed E-state index contributed by atoms with van der Waals surface area (Å²) in [5.41, 5.74) is 9.91. The highest BCUT2D eigenvalue weighted by atomic mass is 15.2. The molecule has 102 valence electrons. The van der Waals surface area contributed by atoms with Gasteiger partial charge in [0.15, 0.2) is 0 Å². The van der Waals surface area contributed by atoms with Crippen LogP contribution in [0.15, 0.2) is 54.6 Å². The first kappa shape index (κ1) is 12.7. The van der Waals surface area contributed by atoms with Crippen LogP contribution in [0.25, 0.3) is 0 Å². The largest absolute Gasteiger partial charge is 0.353 e. The molecule has 3 heteroatoms. The van der Waals surface area contributed by atoms with Crippen molar-refractivity contribution in [1.82, 2.24) is 0 Å². The van der Waals surface area contributed by atoms with Gasteiger partial charge < -0.3 is 0 Å². The molecule has 0 amide bonds. The van der Waals surface area contributed by atoms with Gasteiger partial charge in [0, 0.05) is 0 Å². The molecule has 0 radical (unpaired) electrons. The average Bonchev–Trinajstić information content (AvgIpc) is 2.48. The van der Waals surface area contributed by atoms with E-state index < -0.39 is 0 Å². The van der Waals surface area contributed by atoms with Crippen LogP contribution in [0.3, 0.4) is 0 Å². The van der Waals surface area contributed by atoms with Gasteiger partial charge in [-0.25, -0.2) is 9.89 Å². The molecule has 1 heterocycles. The highest BCUT2D eigenvalue weighted by molar-refractivity contribution is 5.89. The second-order valence-corrected chi connectivity index (χ2v) is 5.26. The van der Waals surface area contributed by atoms with Crippen molar-refractivity contribution in [2.45, 2.75) is 25.8 Å². The van der Waals surface area contributed by atoms with Crippen LogP contribution in [-0.4, -0.2) is 16.6 Å². The van der Waals surface area contributed by atoms with Crippen LogP contribution in [0.5, 0.6) is 0 Å². The molecule has 0 bridgehead atoms. The van der Waals surface area contributed by atoms with Crippen molar-refractivity contribution in [1.29, 1.82) is 0 Å². The van der Waals surface area contributed by atoms with Gasteiger partial charge in [-0.3, -0.25) is 5.73 Å². The molecular formula is C17H20N3+. The number of hydrogen-bond acceptors (Lipinski definition) is 0. The number of para-hydroxylation sites is 2. The van der Waals surface area contributed by atoms with Crippen molar-refractivity contribution in [3.63, 3.8) is 0 Å². The third-order valence-corrected chi connectivity index (χ3v) is 3.83. The second-order valence-electron chi connectivity index (χ2n) is 5.26. The van der Waals surface area contributed by atoms with Crippen LogP contribution in [0.4, 0.5) is 11.4 Å². The van der Waals surface area contributed by atoms with Crippen molar-refractivity contribution in [3.8, 4) is 0 Å². The number of nitrogens with one attached hydrogen (secondary N) is 1. The number of nitrogens with zero attached hydrogens (tertiary/aromatic N) is 1. The predicted octanol–water partition coefficient (Wildman–Crippen LogP) is 3.09. The Morgan fingerprint density at radius 3 is 2.60 bits per heavy atom. The Morgan fingerprint density at radius 1 is 1.10 bits per heavy atom. The number of anilines is 1. The van der Waals surface area contributed by atoms with E-state index >= 15 is 0 Å². The zero-order valence-corrected chi connectivity index (χ0v) is 11.7. The maximum Gasteiger partial charge on any atom is 0.353 e. The fourth-order valence-electron chi connectivity index (χ4n) is 2.78. The minimum absolute atomic E-state index is 0.404. The Kier molecular flexibility index (Phi) is 3.42. The van der Waals surface area contributed by atoms with E-state index in [-0.39, 0.29) is 0 Å². The number of rotatable bonds is 1. The first-order chi connectivity index (χ1) is 9.75. The van der Waals surface area contributed by atoms with Crippen molar-refractivity contribution in [3.05, 3.63) is 60.2 Å². The lowest BCUT2D eigenvalue weighted by atomic mass is 9.98. The summed E-state index contributed by atoms with van der Waals surface area (Å²) in [4.78, 5) is 0. The van der Waals surface area contributed by atoms with E-state index in [9.17, 15) is 0 Å². The summed E-state index contributed by atoms with van der Waals surface area (Å²) in [5.74, 6) is 0.691. The minimum atomic E-state index is 0.404. The van der Waals surface area contributed by atoms with Crippen LogP contribution in [0, 0.1) is 0 Å². The topological polar surface area (TPSA) is 41.1 Å². The predicted molar refractivity (Wildman–Crippen MR) is 83.4 cm³/mol. The SMILES string of the molecule is C[C@@H]1CCc2ccccc2[N+]1=C(N)Nc1ccccc1. The Hall–Kier alpha value is -2.29. The fraction of sp³-hybridized carbons (Fsp3) is 0.235. The summed E-state index contributed by atoms with van der Waals surface area (Å²) in [5, 5.41) is 3.30. The summed E-state index contributed by atoms with van der Waals surface area (Å²) in [6.07, 6.45) is 2.24. The van der Waals surface area contributed by atoms with Gasteiger partial charge in [0.2, 0.25) is 0 Å². The first-order valence-corrected chi connectivity index (χ1v) is 7.07. The first-order valence-electron chi connectivity index (χ1n) is 7.07. The maximum atomic E-state index is 6.32. The monoisotopic (exact) mass is 266 g/mol. The van der Waals surface area contributed by atoms with Gasteiger partial charge in [-0.1, -0.05) is 36.4 Å². The molecule has 2 aromatic carbocycles. The van der Waals surface area contributed by atoms with Crippen LogP contribution < -0.4 is 11.1 Å². The number of nitrogens with two attached hydrogens (primary N) is 1. The van der Waals surface area contributed by atoms with Crippen LogP contribution >= 0.6 is 0 Å². The summed E-state index contributed by atoms with van der Waals surface area (Å²) < 4.78 is 2.20. The zero-order valence-electron chi connectivity index (χ0n) is 11.7. The normalized spacial score (nSPS) is 20.1. The lowest BCUT2D eigenvalue weighted by Gasteiger charge is -2.25. The molecule has 0 saturated carbocycles. The van der Waals surface area contributed by atoms with Gasteiger partial charge in [0.25, 0.3) is 0 Å². The van der Waals surface area contributed by atoms with Crippen LogP contribution in [0.1, 0.15) is 18.9 Å². The van der Waals surface area contributed by atoms with Gasteiger partial charge >= 0.3 is 5.96 Å². The fourth-order valence-corrected chi connectivity index (χ4v) is 2.78. The van der Waals surface area contributed by atoms with E-state index in [1.54, 1.807) is 0 Å². The zero-order chi connectivity index (χ0) is 13.9. The number of fused-ring (bicyclic) bond motifs is 1. The molecule has 1 atom stereocenters. The number of benzene rings is 2. The molecular weight excluding hydrogens is 246 g/mol. The Balaban J connectivity index is 2.00. The van der Waals surface area contributed by atoms with Gasteiger partial charge in [0.05, 0.1) is 11.7 Å². The van der Waals surface area contributed by atoms with Gasteiger partial charge in [-0.2, -0.15) is 0 Å². The molecule has 0 fully saturated rings. The van der Waals surface area contributed by atoms with E-state index in [1.807, 2.05) is 30.3 Å². The number of hydrogen-bond donors (Lipinski definition) is 2. The summed E-state index contributed by atoms with van der Waals surface area (Å²) in [6, 6.07) is 18.9. The maximum absolute atomic E-state index is 6.32. The standard InChI is InChI=1S/C17H19N3/c1-13-11-12-14-7-5-6-10-16(14)20(13)17(18)19-15-8-3-2-4-9-15/h2-10,13H,11-12H2,1H3,(H2,18,19)/p+1/t13-/m1/s1. The summed E-state index contributed by atoms with van der Waals surface area (Å²) in [6.45, 7) is 2.22.